The van der Waals surface area contributed by atoms with E-state index in [2.05, 4.69) is 52.0 Å². The van der Waals surface area contributed by atoms with Crippen LogP contribution in [0.4, 0.5) is 5.69 Å². The van der Waals surface area contributed by atoms with Gasteiger partial charge in [0.2, 0.25) is 5.91 Å². The van der Waals surface area contributed by atoms with E-state index < -0.39 is 0 Å². The number of carbonyl (C=O) groups is 1. The first-order valence-electron chi connectivity index (χ1n) is 11.4. The zero-order valence-electron chi connectivity index (χ0n) is 18.7. The first-order valence-corrected chi connectivity index (χ1v) is 11.4. The highest BCUT2D eigenvalue weighted by Crippen LogP contribution is 2.29. The van der Waals surface area contributed by atoms with E-state index in [0.29, 0.717) is 5.69 Å². The summed E-state index contributed by atoms with van der Waals surface area (Å²) in [5.41, 5.74) is 5.92. The zero-order valence-corrected chi connectivity index (χ0v) is 18.7. The van der Waals surface area contributed by atoms with Crippen LogP contribution in [-0.2, 0) is 11.3 Å². The van der Waals surface area contributed by atoms with Gasteiger partial charge in [-0.1, -0.05) is 48.5 Å². The predicted molar refractivity (Wildman–Crippen MR) is 130 cm³/mol. The third-order valence-electron chi connectivity index (χ3n) is 6.41. The number of carbonyl (C=O) groups excluding carboxylic acids is 1. The summed E-state index contributed by atoms with van der Waals surface area (Å²) in [6.07, 6.45) is 3.72. The van der Waals surface area contributed by atoms with Crippen molar-refractivity contribution in [2.75, 3.05) is 18.4 Å². The number of nitrogens with zero attached hydrogens (tertiary/aromatic N) is 3. The highest BCUT2D eigenvalue weighted by molar-refractivity contribution is 5.93. The number of hydrogen-bond donors (Lipinski definition) is 2. The number of phenolic OH excluding ortho intramolecular Hbond substituents is 1. The Morgan fingerprint density at radius 2 is 1.76 bits per heavy atom. The van der Waals surface area contributed by atoms with Crippen LogP contribution in [0.25, 0.3) is 16.9 Å². The fourth-order valence-corrected chi connectivity index (χ4v) is 4.56. The summed E-state index contributed by atoms with van der Waals surface area (Å²) < 4.78 is 2.20. The number of imidazole rings is 1. The largest absolute Gasteiger partial charge is 0.506 e. The maximum absolute atomic E-state index is 12.7. The molecule has 2 N–H and O–H groups in total. The minimum Gasteiger partial charge on any atom is -0.506 e. The van der Waals surface area contributed by atoms with E-state index >= 15 is 0 Å². The van der Waals surface area contributed by atoms with Crippen LogP contribution in [0.5, 0.6) is 5.75 Å². The minimum atomic E-state index is -0.0566. The van der Waals surface area contributed by atoms with Crippen LogP contribution in [-0.4, -0.2) is 38.4 Å². The number of benzene rings is 2. The van der Waals surface area contributed by atoms with Gasteiger partial charge in [-0.25, -0.2) is 4.98 Å². The van der Waals surface area contributed by atoms with Gasteiger partial charge in [-0.15, -0.1) is 0 Å². The van der Waals surface area contributed by atoms with Crippen molar-refractivity contribution in [1.29, 1.82) is 0 Å². The number of likely N-dealkylation sites (tertiary alicyclic amines) is 1. The molecular formula is C27H28N4O2. The molecule has 33 heavy (non-hydrogen) atoms. The molecule has 3 heterocycles. The number of amides is 1. The summed E-state index contributed by atoms with van der Waals surface area (Å²) >= 11 is 0. The summed E-state index contributed by atoms with van der Waals surface area (Å²) in [6, 6.07) is 21.3. The van der Waals surface area contributed by atoms with Crippen molar-refractivity contribution < 1.29 is 9.90 Å². The maximum atomic E-state index is 12.7. The van der Waals surface area contributed by atoms with Crippen LogP contribution < -0.4 is 5.32 Å². The Bertz CT molecular complexity index is 1270. The van der Waals surface area contributed by atoms with Gasteiger partial charge in [0.15, 0.2) is 0 Å². The number of phenols is 1. The average molecular weight is 441 g/mol. The molecule has 4 aromatic rings. The Morgan fingerprint density at radius 3 is 2.52 bits per heavy atom. The molecule has 1 saturated heterocycles. The molecule has 1 amide bonds. The van der Waals surface area contributed by atoms with Crippen LogP contribution >= 0.6 is 0 Å². The van der Waals surface area contributed by atoms with Crippen LogP contribution in [0.3, 0.4) is 0 Å². The number of hydrogen-bond acceptors (Lipinski definition) is 4. The lowest BCUT2D eigenvalue weighted by Gasteiger charge is -2.31. The Kier molecular flexibility index (Phi) is 5.84. The molecule has 168 valence electrons. The van der Waals surface area contributed by atoms with Crippen molar-refractivity contribution in [3.05, 3.63) is 84.2 Å². The Morgan fingerprint density at radius 1 is 1.03 bits per heavy atom. The number of aryl methyl sites for hydroxylation is 1. The van der Waals surface area contributed by atoms with Gasteiger partial charge in [-0.05, 0) is 56.6 Å². The van der Waals surface area contributed by atoms with E-state index in [4.69, 9.17) is 4.98 Å². The Balaban J connectivity index is 1.32. The lowest BCUT2D eigenvalue weighted by atomic mass is 9.95. The molecule has 0 bridgehead atoms. The van der Waals surface area contributed by atoms with Gasteiger partial charge in [0.05, 0.1) is 17.1 Å². The van der Waals surface area contributed by atoms with E-state index in [1.165, 1.54) is 11.3 Å². The molecule has 5 rings (SSSR count). The molecule has 6 heteroatoms. The SMILES string of the molecule is Cc1ccc2nc(-c3ccccc3)c(CN3CCC(C(=O)Nc4ccccc4O)CC3)n2c1. The van der Waals surface area contributed by atoms with Gasteiger partial charge in [0.1, 0.15) is 11.4 Å². The number of pyridine rings is 1. The van der Waals surface area contributed by atoms with Crippen molar-refractivity contribution in [2.45, 2.75) is 26.3 Å². The van der Waals surface area contributed by atoms with E-state index in [0.717, 1.165) is 49.4 Å². The smallest absolute Gasteiger partial charge is 0.227 e. The molecule has 2 aromatic heterocycles. The van der Waals surface area contributed by atoms with E-state index in [9.17, 15) is 9.90 Å². The summed E-state index contributed by atoms with van der Waals surface area (Å²) in [7, 11) is 0. The predicted octanol–water partition coefficient (Wildman–Crippen LogP) is 4.87. The maximum Gasteiger partial charge on any atom is 0.227 e. The van der Waals surface area contributed by atoms with Crippen LogP contribution in [0.1, 0.15) is 24.1 Å². The van der Waals surface area contributed by atoms with Crippen molar-refractivity contribution in [1.82, 2.24) is 14.3 Å². The third-order valence-corrected chi connectivity index (χ3v) is 6.41. The third kappa shape index (κ3) is 4.47. The molecular weight excluding hydrogens is 412 g/mol. The van der Waals surface area contributed by atoms with Gasteiger partial charge in [-0.3, -0.25) is 9.69 Å². The number of piperidine rings is 1. The lowest BCUT2D eigenvalue weighted by Crippen LogP contribution is -2.38. The first-order chi connectivity index (χ1) is 16.1. The number of para-hydroxylation sites is 2. The van der Waals surface area contributed by atoms with Gasteiger partial charge < -0.3 is 14.8 Å². The Hall–Kier alpha value is -3.64. The molecule has 0 atom stereocenters. The monoisotopic (exact) mass is 440 g/mol. The van der Waals surface area contributed by atoms with Crippen molar-refractivity contribution in [2.24, 2.45) is 5.92 Å². The molecule has 0 unspecified atom stereocenters. The van der Waals surface area contributed by atoms with Gasteiger partial charge in [0, 0.05) is 24.2 Å². The summed E-state index contributed by atoms with van der Waals surface area (Å²) in [5, 5.41) is 12.8. The normalized spacial score (nSPS) is 15.1. The van der Waals surface area contributed by atoms with Gasteiger partial charge in [0.25, 0.3) is 0 Å². The second-order valence-corrected chi connectivity index (χ2v) is 8.76. The molecule has 1 fully saturated rings. The van der Waals surface area contributed by atoms with Crippen LogP contribution in [0, 0.1) is 12.8 Å². The Labute approximate surface area is 193 Å². The highest BCUT2D eigenvalue weighted by Gasteiger charge is 2.27. The highest BCUT2D eigenvalue weighted by atomic mass is 16.3. The summed E-state index contributed by atoms with van der Waals surface area (Å²) in [4.78, 5) is 20.1. The summed E-state index contributed by atoms with van der Waals surface area (Å²) in [5.74, 6) is 0.0186. The molecule has 0 spiro atoms. The topological polar surface area (TPSA) is 69.9 Å². The van der Waals surface area contributed by atoms with Gasteiger partial charge in [-0.2, -0.15) is 0 Å². The fraction of sp³-hybridized carbons (Fsp3) is 0.259. The minimum absolute atomic E-state index is 0.0217. The van der Waals surface area contributed by atoms with E-state index in [1.54, 1.807) is 24.3 Å². The lowest BCUT2D eigenvalue weighted by molar-refractivity contribution is -0.121. The molecule has 0 aliphatic carbocycles. The standard InChI is InChI=1S/C27H28N4O2/c1-19-11-12-25-29-26(20-7-3-2-4-8-20)23(31(25)17-19)18-30-15-13-21(14-16-30)27(33)28-22-9-5-6-10-24(22)32/h2-12,17,21,32H,13-16,18H2,1H3,(H,28,33). The number of anilines is 1. The molecule has 2 aromatic carbocycles. The first kappa shape index (κ1) is 21.2. The average Bonchev–Trinajstić information content (AvgIpc) is 3.19. The number of aromatic nitrogens is 2. The second kappa shape index (κ2) is 9.08. The molecule has 0 radical (unpaired) electrons. The molecule has 6 nitrogen and oxygen atoms in total. The second-order valence-electron chi connectivity index (χ2n) is 8.76. The van der Waals surface area contributed by atoms with Crippen LogP contribution in [0.15, 0.2) is 72.9 Å². The number of aromatic hydroxyl groups is 1. The van der Waals surface area contributed by atoms with Gasteiger partial charge >= 0.3 is 0 Å². The quantitative estimate of drug-likeness (QED) is 0.435. The number of nitrogens with one attached hydrogen (secondary N) is 1. The molecule has 0 saturated carbocycles. The van der Waals surface area contributed by atoms with E-state index in [1.807, 2.05) is 18.2 Å². The van der Waals surface area contributed by atoms with E-state index in [-0.39, 0.29) is 17.6 Å². The fourth-order valence-electron chi connectivity index (χ4n) is 4.56. The van der Waals surface area contributed by atoms with Crippen molar-refractivity contribution in [3.8, 4) is 17.0 Å². The molecule has 1 aliphatic rings. The number of fused-ring (bicyclic) bond motifs is 1. The number of rotatable bonds is 5. The van der Waals surface area contributed by atoms with Crippen LogP contribution in [0.2, 0.25) is 0 Å². The van der Waals surface area contributed by atoms with Crippen molar-refractivity contribution >= 4 is 17.2 Å². The summed E-state index contributed by atoms with van der Waals surface area (Å²) in [6.45, 7) is 4.56. The van der Waals surface area contributed by atoms with Crippen molar-refractivity contribution in [3.63, 3.8) is 0 Å². The zero-order chi connectivity index (χ0) is 22.8. The molecule has 1 aliphatic heterocycles.